The lowest BCUT2D eigenvalue weighted by Gasteiger charge is -2.39. The number of ketones is 1. The smallest absolute Gasteiger partial charge is 0.210 e. The fourth-order valence-electron chi connectivity index (χ4n) is 5.49. The average molecular weight is 500 g/mol. The minimum absolute atomic E-state index is 0.0513. The molecule has 0 amide bonds. The highest BCUT2D eigenvalue weighted by Gasteiger charge is 2.44. The Morgan fingerprint density at radius 1 is 0.838 bits per heavy atom. The Labute approximate surface area is 220 Å². The Balaban J connectivity index is 1.57. The van der Waals surface area contributed by atoms with Gasteiger partial charge in [0.2, 0.25) is 5.78 Å². The van der Waals surface area contributed by atoms with Crippen molar-refractivity contribution in [3.05, 3.63) is 65.2 Å². The van der Waals surface area contributed by atoms with Crippen LogP contribution in [0.3, 0.4) is 0 Å². The number of hydrogen-bond acceptors (Lipinski definition) is 6. The molecule has 1 fully saturated rings. The zero-order valence-electron chi connectivity index (χ0n) is 23.0. The van der Waals surface area contributed by atoms with Crippen LogP contribution in [0.15, 0.2) is 48.5 Å². The van der Waals surface area contributed by atoms with Gasteiger partial charge in [0.15, 0.2) is 5.60 Å². The highest BCUT2D eigenvalue weighted by atomic mass is 16.5. The van der Waals surface area contributed by atoms with Gasteiger partial charge in [-0.25, -0.2) is 0 Å². The Kier molecular flexibility index (Phi) is 6.30. The van der Waals surface area contributed by atoms with Crippen molar-refractivity contribution >= 4 is 22.8 Å². The van der Waals surface area contributed by atoms with Crippen LogP contribution >= 0.6 is 0 Å². The van der Waals surface area contributed by atoms with Gasteiger partial charge in [-0.05, 0) is 80.8 Å². The van der Waals surface area contributed by atoms with Crippen LogP contribution in [0.2, 0.25) is 0 Å². The largest absolute Gasteiger partial charge is 0.497 e. The molecule has 0 aromatic heterocycles. The summed E-state index contributed by atoms with van der Waals surface area (Å²) in [6.07, 6.45) is 0. The van der Waals surface area contributed by atoms with Gasteiger partial charge in [-0.2, -0.15) is 0 Å². The van der Waals surface area contributed by atoms with Crippen LogP contribution in [-0.4, -0.2) is 58.8 Å². The first-order valence-electron chi connectivity index (χ1n) is 12.9. The topological polar surface area (TPSA) is 45.2 Å². The van der Waals surface area contributed by atoms with E-state index in [-0.39, 0.29) is 5.78 Å². The van der Waals surface area contributed by atoms with E-state index in [4.69, 9.17) is 9.47 Å². The summed E-state index contributed by atoms with van der Waals surface area (Å²) in [5, 5.41) is 0. The third kappa shape index (κ3) is 4.28. The highest BCUT2D eigenvalue weighted by molar-refractivity contribution is 6.14. The van der Waals surface area contributed by atoms with Crippen molar-refractivity contribution < 1.29 is 14.3 Å². The molecule has 0 spiro atoms. The first-order chi connectivity index (χ1) is 17.6. The quantitative estimate of drug-likeness (QED) is 0.447. The number of carbonyl (C=O) groups excluding carboxylic acids is 1. The van der Waals surface area contributed by atoms with Crippen molar-refractivity contribution in [1.82, 2.24) is 0 Å². The van der Waals surface area contributed by atoms with Gasteiger partial charge in [-0.15, -0.1) is 0 Å². The molecule has 37 heavy (non-hydrogen) atoms. The van der Waals surface area contributed by atoms with Gasteiger partial charge < -0.3 is 24.2 Å². The van der Waals surface area contributed by atoms with Crippen LogP contribution < -0.4 is 24.2 Å². The fraction of sp³-hybridized carbons (Fsp3) is 0.387. The van der Waals surface area contributed by atoms with Crippen molar-refractivity contribution in [2.45, 2.75) is 33.3 Å². The van der Waals surface area contributed by atoms with Gasteiger partial charge in [0, 0.05) is 62.9 Å². The van der Waals surface area contributed by atoms with Crippen LogP contribution in [0.4, 0.5) is 17.1 Å². The van der Waals surface area contributed by atoms with E-state index in [9.17, 15) is 4.79 Å². The minimum Gasteiger partial charge on any atom is -0.497 e. The van der Waals surface area contributed by atoms with E-state index in [1.165, 1.54) is 11.3 Å². The molecule has 2 aliphatic heterocycles. The van der Waals surface area contributed by atoms with Crippen molar-refractivity contribution in [3.63, 3.8) is 0 Å². The molecule has 2 heterocycles. The van der Waals surface area contributed by atoms with E-state index in [1.54, 1.807) is 7.11 Å². The number of ether oxygens (including phenoxy) is 2. The Bertz CT molecular complexity index is 1320. The van der Waals surface area contributed by atoms with Crippen LogP contribution in [0, 0.1) is 13.8 Å². The second-order valence-corrected chi connectivity index (χ2v) is 10.7. The molecule has 3 aromatic rings. The van der Waals surface area contributed by atoms with Crippen LogP contribution in [0.25, 0.3) is 11.1 Å². The monoisotopic (exact) mass is 499 g/mol. The lowest BCUT2D eigenvalue weighted by Crippen LogP contribution is -2.47. The van der Waals surface area contributed by atoms with E-state index in [0.29, 0.717) is 0 Å². The normalized spacial score (nSPS) is 16.5. The summed E-state index contributed by atoms with van der Waals surface area (Å²) in [7, 11) is 5.77. The molecule has 6 heteroatoms. The summed E-state index contributed by atoms with van der Waals surface area (Å²) in [4.78, 5) is 20.7. The average Bonchev–Trinajstić information content (AvgIpc) is 3.15. The number of fused-ring (bicyclic) bond motifs is 1. The highest BCUT2D eigenvalue weighted by Crippen LogP contribution is 2.50. The van der Waals surface area contributed by atoms with Gasteiger partial charge in [-0.3, -0.25) is 4.79 Å². The third-order valence-corrected chi connectivity index (χ3v) is 7.81. The lowest BCUT2D eigenvalue weighted by molar-refractivity contribution is 0.0683. The molecule has 5 rings (SSSR count). The Morgan fingerprint density at radius 2 is 1.43 bits per heavy atom. The number of methoxy groups -OCH3 is 1. The van der Waals surface area contributed by atoms with Gasteiger partial charge in [-0.1, -0.05) is 12.1 Å². The summed E-state index contributed by atoms with van der Waals surface area (Å²) in [5.74, 6) is 1.65. The summed E-state index contributed by atoms with van der Waals surface area (Å²) in [6, 6.07) is 16.8. The van der Waals surface area contributed by atoms with Crippen LogP contribution in [-0.2, 0) is 0 Å². The molecule has 6 nitrogen and oxygen atoms in total. The van der Waals surface area contributed by atoms with Gasteiger partial charge in [0.25, 0.3) is 0 Å². The first kappa shape index (κ1) is 25.0. The van der Waals surface area contributed by atoms with Crippen LogP contribution in [0.1, 0.15) is 35.3 Å². The number of anilines is 3. The molecule has 0 unspecified atom stereocenters. The molecule has 0 aliphatic carbocycles. The van der Waals surface area contributed by atoms with E-state index in [2.05, 4.69) is 64.9 Å². The van der Waals surface area contributed by atoms with Gasteiger partial charge in [0.1, 0.15) is 11.5 Å². The zero-order chi connectivity index (χ0) is 26.5. The predicted molar refractivity (Wildman–Crippen MR) is 152 cm³/mol. The number of piperazine rings is 1. The molecule has 0 atom stereocenters. The molecule has 194 valence electrons. The van der Waals surface area contributed by atoms with E-state index in [1.807, 2.05) is 40.1 Å². The first-order valence-corrected chi connectivity index (χ1v) is 12.9. The Morgan fingerprint density at radius 3 is 2.00 bits per heavy atom. The summed E-state index contributed by atoms with van der Waals surface area (Å²) < 4.78 is 11.6. The number of nitrogens with zero attached hydrogens (tertiary/aromatic N) is 3. The number of Topliss-reactive ketones (excluding diaryl/α,β-unsaturated/α-hetero) is 1. The van der Waals surface area contributed by atoms with Crippen molar-refractivity contribution in [2.75, 3.05) is 62.1 Å². The van der Waals surface area contributed by atoms with Gasteiger partial charge in [0.05, 0.1) is 12.7 Å². The SMILES string of the molecule is COc1ccc(N2CCN(c3c(C)c(C)c4c(c3-c3ccc(N(C)C)cc3)C(=O)C(C)(C)O4)CC2)cc1. The Hall–Kier alpha value is -3.67. The molecule has 0 saturated carbocycles. The summed E-state index contributed by atoms with van der Waals surface area (Å²) in [6.45, 7) is 11.5. The lowest BCUT2D eigenvalue weighted by atomic mass is 9.86. The number of hydrogen-bond donors (Lipinski definition) is 0. The van der Waals surface area contributed by atoms with Crippen molar-refractivity contribution in [1.29, 1.82) is 0 Å². The molecular formula is C31H37N3O3. The van der Waals surface area contributed by atoms with Crippen molar-refractivity contribution in [3.8, 4) is 22.6 Å². The number of carbonyl (C=O) groups is 1. The fourth-order valence-corrected chi connectivity index (χ4v) is 5.49. The van der Waals surface area contributed by atoms with E-state index >= 15 is 0 Å². The molecular weight excluding hydrogens is 462 g/mol. The predicted octanol–water partition coefficient (Wildman–Crippen LogP) is 5.73. The second kappa shape index (κ2) is 9.33. The maximum Gasteiger partial charge on any atom is 0.210 e. The zero-order valence-corrected chi connectivity index (χ0v) is 23.0. The standard InChI is InChI=1S/C31H37N3O3/c1-20-21(2)29-27(30(35)31(3,4)37-29)26(22-8-10-23(11-9-22)32(5)6)28(20)34-18-16-33(17-19-34)24-12-14-25(36-7)15-13-24/h8-15H,16-19H2,1-7H3. The number of benzene rings is 3. The number of rotatable bonds is 5. The summed E-state index contributed by atoms with van der Waals surface area (Å²) >= 11 is 0. The second-order valence-electron chi connectivity index (χ2n) is 10.7. The molecule has 2 aliphatic rings. The minimum atomic E-state index is -0.871. The molecule has 1 saturated heterocycles. The van der Waals surface area contributed by atoms with Gasteiger partial charge >= 0.3 is 0 Å². The molecule has 0 N–H and O–H groups in total. The van der Waals surface area contributed by atoms with Crippen molar-refractivity contribution in [2.24, 2.45) is 0 Å². The summed E-state index contributed by atoms with van der Waals surface area (Å²) in [5.41, 5.74) is 7.60. The van der Waals surface area contributed by atoms with Crippen LogP contribution in [0.5, 0.6) is 11.5 Å². The van der Waals surface area contributed by atoms with E-state index < -0.39 is 5.60 Å². The van der Waals surface area contributed by atoms with E-state index in [0.717, 1.165) is 71.3 Å². The molecule has 3 aromatic carbocycles. The maximum absolute atomic E-state index is 13.7. The maximum atomic E-state index is 13.7. The third-order valence-electron chi connectivity index (χ3n) is 7.81. The molecule has 0 radical (unpaired) electrons. The molecule has 0 bridgehead atoms.